The molecule has 29 heavy (non-hydrogen) atoms. The quantitative estimate of drug-likeness (QED) is 0.241. The van der Waals surface area contributed by atoms with Crippen LogP contribution in [0.3, 0.4) is 0 Å². The van der Waals surface area contributed by atoms with Gasteiger partial charge in [0.25, 0.3) is 0 Å². The van der Waals surface area contributed by atoms with Crippen molar-refractivity contribution in [3.05, 3.63) is 133 Å². The van der Waals surface area contributed by atoms with E-state index in [1.54, 1.807) is 0 Å². The Balaban J connectivity index is 1.95. The lowest BCUT2D eigenvalue weighted by Crippen LogP contribution is -2.38. The van der Waals surface area contributed by atoms with Crippen molar-refractivity contribution in [3.63, 3.8) is 0 Å². The Morgan fingerprint density at radius 1 is 0.759 bits per heavy atom. The number of hydrogen-bond acceptors (Lipinski definition) is 2. The van der Waals surface area contributed by atoms with Crippen LogP contribution in [0, 0.1) is 0 Å². The normalized spacial score (nSPS) is 11.2. The number of nitrogens with one attached hydrogen (secondary N) is 1. The van der Waals surface area contributed by atoms with Crippen molar-refractivity contribution >= 4 is 5.82 Å². The molecular weight excluding hydrogens is 354 g/mol. The van der Waals surface area contributed by atoms with Crippen LogP contribution in [-0.4, -0.2) is 16.3 Å². The van der Waals surface area contributed by atoms with Gasteiger partial charge in [0.1, 0.15) is 11.4 Å². The molecule has 4 aromatic rings. The smallest absolute Gasteiger partial charge is 0.148 e. The highest BCUT2D eigenvalue weighted by atomic mass is 15.3. The second-order valence-corrected chi connectivity index (χ2v) is 6.96. The molecule has 0 aliphatic carbocycles. The van der Waals surface area contributed by atoms with Gasteiger partial charge in [0, 0.05) is 18.8 Å². The third-order valence-electron chi connectivity index (χ3n) is 5.16. The molecule has 1 heterocycles. The van der Waals surface area contributed by atoms with Gasteiger partial charge in [-0.2, -0.15) is 5.10 Å². The predicted octanol–water partition coefficient (Wildman–Crippen LogP) is 5.71. The van der Waals surface area contributed by atoms with Gasteiger partial charge >= 0.3 is 0 Å². The van der Waals surface area contributed by atoms with E-state index < -0.39 is 5.54 Å². The molecule has 1 N–H and O–H groups in total. The van der Waals surface area contributed by atoms with Gasteiger partial charge in [-0.05, 0) is 23.1 Å². The Kier molecular flexibility index (Phi) is 5.57. The van der Waals surface area contributed by atoms with E-state index in [9.17, 15) is 0 Å². The molecule has 3 aromatic carbocycles. The van der Waals surface area contributed by atoms with Crippen molar-refractivity contribution in [2.75, 3.05) is 11.9 Å². The Morgan fingerprint density at radius 3 is 1.69 bits per heavy atom. The number of nitrogens with zero attached hydrogens (tertiary/aromatic N) is 2. The van der Waals surface area contributed by atoms with Crippen LogP contribution in [0.25, 0.3) is 0 Å². The summed E-state index contributed by atoms with van der Waals surface area (Å²) in [6.07, 6.45) is 4.86. The second-order valence-electron chi connectivity index (χ2n) is 6.96. The van der Waals surface area contributed by atoms with E-state index in [0.717, 1.165) is 35.5 Å². The third-order valence-corrected chi connectivity index (χ3v) is 5.16. The van der Waals surface area contributed by atoms with E-state index >= 15 is 0 Å². The molecule has 0 radical (unpaired) electrons. The topological polar surface area (TPSA) is 29.9 Å². The van der Waals surface area contributed by atoms with Crippen molar-refractivity contribution in [2.24, 2.45) is 0 Å². The van der Waals surface area contributed by atoms with Gasteiger partial charge < -0.3 is 5.32 Å². The summed E-state index contributed by atoms with van der Waals surface area (Å²) >= 11 is 0. The van der Waals surface area contributed by atoms with Gasteiger partial charge in [-0.1, -0.05) is 97.1 Å². The van der Waals surface area contributed by atoms with E-state index in [0.29, 0.717) is 0 Å². The molecule has 0 saturated heterocycles. The van der Waals surface area contributed by atoms with E-state index in [2.05, 4.69) is 114 Å². The zero-order chi connectivity index (χ0) is 19.9. The minimum atomic E-state index is -0.567. The van der Waals surface area contributed by atoms with Crippen LogP contribution in [0.1, 0.15) is 23.1 Å². The van der Waals surface area contributed by atoms with Crippen LogP contribution in [0.4, 0.5) is 5.82 Å². The van der Waals surface area contributed by atoms with Crippen LogP contribution >= 0.6 is 0 Å². The van der Waals surface area contributed by atoms with E-state index in [-0.39, 0.29) is 0 Å². The first kappa shape index (κ1) is 18.8. The Hall–Kier alpha value is -3.59. The summed E-state index contributed by atoms with van der Waals surface area (Å²) in [6.45, 7) is 4.60. The van der Waals surface area contributed by atoms with E-state index in [1.807, 2.05) is 12.1 Å². The Labute approximate surface area is 172 Å². The van der Waals surface area contributed by atoms with Crippen molar-refractivity contribution in [3.8, 4) is 0 Å². The predicted molar refractivity (Wildman–Crippen MR) is 120 cm³/mol. The molecule has 0 spiro atoms. The molecule has 0 atom stereocenters. The third kappa shape index (κ3) is 3.59. The maximum atomic E-state index is 4.95. The van der Waals surface area contributed by atoms with Crippen molar-refractivity contribution in [1.82, 2.24) is 9.78 Å². The highest BCUT2D eigenvalue weighted by Gasteiger charge is 2.39. The molecule has 3 nitrogen and oxygen atoms in total. The summed E-state index contributed by atoms with van der Waals surface area (Å²) in [5, 5.41) is 8.34. The van der Waals surface area contributed by atoms with Crippen molar-refractivity contribution in [2.45, 2.75) is 12.0 Å². The number of rotatable bonds is 8. The molecular formula is C26H25N3. The lowest BCUT2D eigenvalue weighted by atomic mass is 9.77. The van der Waals surface area contributed by atoms with Gasteiger partial charge in [0.2, 0.25) is 0 Å². The monoisotopic (exact) mass is 379 g/mol. The lowest BCUT2D eigenvalue weighted by molar-refractivity contribution is 0.461. The fourth-order valence-electron chi connectivity index (χ4n) is 3.84. The van der Waals surface area contributed by atoms with E-state index in [1.165, 1.54) is 0 Å². The summed E-state index contributed by atoms with van der Waals surface area (Å²) < 4.78 is 2.07. The van der Waals surface area contributed by atoms with Gasteiger partial charge in [0.05, 0.1) is 0 Å². The zero-order valence-corrected chi connectivity index (χ0v) is 16.4. The fraction of sp³-hybridized carbons (Fsp3) is 0.115. The van der Waals surface area contributed by atoms with Gasteiger partial charge in [0.15, 0.2) is 0 Å². The minimum Gasteiger partial charge on any atom is -0.368 e. The summed E-state index contributed by atoms with van der Waals surface area (Å²) in [7, 11) is 0. The van der Waals surface area contributed by atoms with Crippen LogP contribution in [0.15, 0.2) is 116 Å². The van der Waals surface area contributed by atoms with E-state index in [4.69, 9.17) is 5.10 Å². The Bertz CT molecular complexity index is 940. The molecule has 0 unspecified atom stereocenters. The second kappa shape index (κ2) is 8.61. The summed E-state index contributed by atoms with van der Waals surface area (Å²) in [4.78, 5) is 0. The molecule has 0 saturated carbocycles. The standard InChI is InChI=1S/C26H25N3/c1-2-3-20-27-25-19-21-29(28-25)26(22-13-7-4-8-14-22,23-15-9-5-10-16-23)24-17-11-6-12-18-24/h2,4-19,21H,1,3,20H2,(H,27,28). The Morgan fingerprint density at radius 2 is 1.24 bits per heavy atom. The molecule has 0 aliphatic heterocycles. The van der Waals surface area contributed by atoms with Gasteiger partial charge in [-0.25, -0.2) is 0 Å². The lowest BCUT2D eigenvalue weighted by Gasteiger charge is -2.36. The number of aromatic nitrogens is 2. The molecule has 144 valence electrons. The first-order chi connectivity index (χ1) is 14.4. The molecule has 4 rings (SSSR count). The van der Waals surface area contributed by atoms with Crippen LogP contribution in [0.2, 0.25) is 0 Å². The largest absolute Gasteiger partial charge is 0.368 e. The molecule has 3 heteroatoms. The SMILES string of the molecule is C=CCCNc1ccn(C(c2ccccc2)(c2ccccc2)c2ccccc2)n1. The van der Waals surface area contributed by atoms with Crippen LogP contribution < -0.4 is 5.32 Å². The molecule has 0 fully saturated rings. The molecule has 0 aliphatic rings. The highest BCUT2D eigenvalue weighted by Crippen LogP contribution is 2.40. The van der Waals surface area contributed by atoms with Crippen molar-refractivity contribution < 1.29 is 0 Å². The molecule has 1 aromatic heterocycles. The van der Waals surface area contributed by atoms with Gasteiger partial charge in [-0.15, -0.1) is 6.58 Å². The average molecular weight is 380 g/mol. The molecule has 0 amide bonds. The number of anilines is 1. The summed E-state index contributed by atoms with van der Waals surface area (Å²) in [5.41, 5.74) is 2.93. The maximum Gasteiger partial charge on any atom is 0.148 e. The van der Waals surface area contributed by atoms with Crippen LogP contribution in [-0.2, 0) is 5.54 Å². The van der Waals surface area contributed by atoms with Gasteiger partial charge in [-0.3, -0.25) is 4.68 Å². The maximum absolute atomic E-state index is 4.95. The first-order valence-corrected chi connectivity index (χ1v) is 9.93. The van der Waals surface area contributed by atoms with Crippen LogP contribution in [0.5, 0.6) is 0 Å². The number of hydrogen-bond donors (Lipinski definition) is 1. The first-order valence-electron chi connectivity index (χ1n) is 9.93. The highest BCUT2D eigenvalue weighted by molar-refractivity contribution is 5.51. The zero-order valence-electron chi connectivity index (χ0n) is 16.4. The summed E-state index contributed by atoms with van der Waals surface area (Å²) in [6, 6.07) is 33.7. The minimum absolute atomic E-state index is 0.567. The summed E-state index contributed by atoms with van der Waals surface area (Å²) in [5.74, 6) is 0.860. The number of benzene rings is 3. The molecule has 0 bridgehead atoms. The average Bonchev–Trinajstić information content (AvgIpc) is 3.26. The fourth-order valence-corrected chi connectivity index (χ4v) is 3.84. The van der Waals surface area contributed by atoms with Crippen molar-refractivity contribution in [1.29, 1.82) is 0 Å².